The molecule has 4 nitrogen and oxygen atoms in total. The van der Waals surface area contributed by atoms with Gasteiger partial charge in [-0.3, -0.25) is 9.97 Å². The minimum atomic E-state index is 0.506. The van der Waals surface area contributed by atoms with Crippen molar-refractivity contribution in [3.05, 3.63) is 47.0 Å². The van der Waals surface area contributed by atoms with Gasteiger partial charge in [0.25, 0.3) is 0 Å². The molecule has 0 spiro atoms. The van der Waals surface area contributed by atoms with E-state index in [9.17, 15) is 0 Å². The Kier molecular flexibility index (Phi) is 3.32. The van der Waals surface area contributed by atoms with Gasteiger partial charge in [0.05, 0.1) is 11.0 Å². The van der Waals surface area contributed by atoms with Gasteiger partial charge in [0.2, 0.25) is 0 Å². The van der Waals surface area contributed by atoms with E-state index in [0.717, 1.165) is 34.3 Å². The summed E-state index contributed by atoms with van der Waals surface area (Å²) < 4.78 is 0. The summed E-state index contributed by atoms with van der Waals surface area (Å²) in [5.74, 6) is 0.630. The third kappa shape index (κ3) is 2.23. The maximum atomic E-state index is 6.19. The second kappa shape index (κ2) is 5.13. The van der Waals surface area contributed by atoms with Crippen LogP contribution in [0.1, 0.15) is 18.2 Å². The topological polar surface area (TPSA) is 51.6 Å². The number of hydrogen-bond donors (Lipinski definition) is 0. The number of fused-ring (bicyclic) bond motifs is 1. The van der Waals surface area contributed by atoms with Crippen molar-refractivity contribution in [1.82, 2.24) is 19.9 Å². The Balaban J connectivity index is 2.17. The summed E-state index contributed by atoms with van der Waals surface area (Å²) in [6.45, 7) is 4.00. The number of benzene rings is 1. The van der Waals surface area contributed by atoms with E-state index >= 15 is 0 Å². The van der Waals surface area contributed by atoms with Gasteiger partial charge in [0, 0.05) is 29.2 Å². The third-order valence-electron chi connectivity index (χ3n) is 3.25. The second-order valence-corrected chi connectivity index (χ2v) is 4.88. The number of rotatable bonds is 2. The molecule has 0 N–H and O–H groups in total. The zero-order chi connectivity index (χ0) is 14.1. The molecule has 0 atom stereocenters. The van der Waals surface area contributed by atoms with Crippen LogP contribution in [0.4, 0.5) is 0 Å². The van der Waals surface area contributed by atoms with Crippen molar-refractivity contribution < 1.29 is 0 Å². The van der Waals surface area contributed by atoms with Gasteiger partial charge in [0.1, 0.15) is 5.15 Å². The molecule has 3 aromatic rings. The highest BCUT2D eigenvalue weighted by atomic mass is 35.5. The molecule has 0 unspecified atom stereocenters. The van der Waals surface area contributed by atoms with Crippen molar-refractivity contribution in [2.75, 3.05) is 0 Å². The molecule has 0 bridgehead atoms. The third-order valence-corrected chi connectivity index (χ3v) is 3.62. The smallest absolute Gasteiger partial charge is 0.161 e. The molecule has 5 heteroatoms. The van der Waals surface area contributed by atoms with E-state index < -0.39 is 0 Å². The Morgan fingerprint density at radius 3 is 2.55 bits per heavy atom. The molecule has 0 radical (unpaired) electrons. The number of aryl methyl sites for hydroxylation is 1. The zero-order valence-electron chi connectivity index (χ0n) is 11.3. The monoisotopic (exact) mass is 284 g/mol. The van der Waals surface area contributed by atoms with Crippen LogP contribution in [0.15, 0.2) is 30.6 Å². The van der Waals surface area contributed by atoms with Crippen LogP contribution >= 0.6 is 11.6 Å². The lowest BCUT2D eigenvalue weighted by atomic mass is 10.1. The van der Waals surface area contributed by atoms with Gasteiger partial charge in [-0.25, -0.2) is 9.97 Å². The molecule has 0 aliphatic heterocycles. The molecular weight excluding hydrogens is 272 g/mol. The second-order valence-electron chi connectivity index (χ2n) is 4.52. The molecule has 0 saturated carbocycles. The zero-order valence-corrected chi connectivity index (χ0v) is 12.0. The SMILES string of the molecule is CCc1nc(-c2ccc3nccnc3c2)nc(Cl)c1C. The van der Waals surface area contributed by atoms with Crippen molar-refractivity contribution in [2.45, 2.75) is 20.3 Å². The first-order valence-electron chi connectivity index (χ1n) is 6.43. The lowest BCUT2D eigenvalue weighted by molar-refractivity contribution is 0.977. The van der Waals surface area contributed by atoms with E-state index in [1.54, 1.807) is 12.4 Å². The van der Waals surface area contributed by atoms with Crippen LogP contribution in [-0.2, 0) is 6.42 Å². The fourth-order valence-corrected chi connectivity index (χ4v) is 2.30. The molecule has 3 rings (SSSR count). The van der Waals surface area contributed by atoms with Crippen LogP contribution in [0.2, 0.25) is 5.15 Å². The normalized spacial score (nSPS) is 10.9. The maximum Gasteiger partial charge on any atom is 0.161 e. The Hall–Kier alpha value is -2.07. The van der Waals surface area contributed by atoms with Gasteiger partial charge >= 0.3 is 0 Å². The molecule has 100 valence electrons. The molecule has 20 heavy (non-hydrogen) atoms. The summed E-state index contributed by atoms with van der Waals surface area (Å²) in [4.78, 5) is 17.5. The van der Waals surface area contributed by atoms with Crippen LogP contribution < -0.4 is 0 Å². The molecule has 2 aromatic heterocycles. The summed E-state index contributed by atoms with van der Waals surface area (Å²) >= 11 is 6.19. The van der Waals surface area contributed by atoms with Crippen molar-refractivity contribution in [3.8, 4) is 11.4 Å². The van der Waals surface area contributed by atoms with E-state index in [2.05, 4.69) is 26.9 Å². The van der Waals surface area contributed by atoms with Crippen LogP contribution in [0, 0.1) is 6.92 Å². The maximum absolute atomic E-state index is 6.19. The van der Waals surface area contributed by atoms with Crippen molar-refractivity contribution in [1.29, 1.82) is 0 Å². The molecule has 0 aliphatic carbocycles. The molecule has 0 fully saturated rings. The fraction of sp³-hybridized carbons (Fsp3) is 0.200. The fourth-order valence-electron chi connectivity index (χ4n) is 2.11. The molecule has 0 aliphatic rings. The highest BCUT2D eigenvalue weighted by molar-refractivity contribution is 6.30. The predicted octanol–water partition coefficient (Wildman–Crippen LogP) is 3.61. The molecule has 0 saturated heterocycles. The summed E-state index contributed by atoms with van der Waals surface area (Å²) in [6, 6.07) is 5.79. The van der Waals surface area contributed by atoms with Gasteiger partial charge in [-0.1, -0.05) is 18.5 Å². The molecule has 2 heterocycles. The van der Waals surface area contributed by atoms with Crippen LogP contribution in [0.5, 0.6) is 0 Å². The van der Waals surface area contributed by atoms with Gasteiger partial charge in [-0.15, -0.1) is 0 Å². The van der Waals surface area contributed by atoms with Crippen LogP contribution in [0.3, 0.4) is 0 Å². The van der Waals surface area contributed by atoms with E-state index in [0.29, 0.717) is 11.0 Å². The summed E-state index contributed by atoms with van der Waals surface area (Å²) in [7, 11) is 0. The van der Waals surface area contributed by atoms with Crippen molar-refractivity contribution >= 4 is 22.6 Å². The van der Waals surface area contributed by atoms with Crippen molar-refractivity contribution in [3.63, 3.8) is 0 Å². The van der Waals surface area contributed by atoms with E-state index in [4.69, 9.17) is 11.6 Å². The molecule has 0 amide bonds. The highest BCUT2D eigenvalue weighted by Crippen LogP contribution is 2.24. The number of hydrogen-bond acceptors (Lipinski definition) is 4. The van der Waals surface area contributed by atoms with Crippen molar-refractivity contribution in [2.24, 2.45) is 0 Å². The lowest BCUT2D eigenvalue weighted by Gasteiger charge is -2.08. The minimum absolute atomic E-state index is 0.506. The first kappa shape index (κ1) is 12.9. The summed E-state index contributed by atoms with van der Waals surface area (Å²) in [5, 5.41) is 0.506. The number of halogens is 1. The average Bonchev–Trinajstić information content (AvgIpc) is 2.49. The first-order valence-corrected chi connectivity index (χ1v) is 6.81. The first-order chi connectivity index (χ1) is 9.69. The van der Waals surface area contributed by atoms with Crippen LogP contribution in [0.25, 0.3) is 22.4 Å². The predicted molar refractivity (Wildman–Crippen MR) is 79.7 cm³/mol. The lowest BCUT2D eigenvalue weighted by Crippen LogP contribution is -1.99. The van der Waals surface area contributed by atoms with Gasteiger partial charge < -0.3 is 0 Å². The van der Waals surface area contributed by atoms with E-state index in [1.165, 1.54) is 0 Å². The van der Waals surface area contributed by atoms with Gasteiger partial charge in [-0.2, -0.15) is 0 Å². The highest BCUT2D eigenvalue weighted by Gasteiger charge is 2.10. The largest absolute Gasteiger partial charge is 0.253 e. The Labute approximate surface area is 121 Å². The van der Waals surface area contributed by atoms with E-state index in [-0.39, 0.29) is 0 Å². The Bertz CT molecular complexity index is 786. The minimum Gasteiger partial charge on any atom is -0.253 e. The average molecular weight is 285 g/mol. The van der Waals surface area contributed by atoms with E-state index in [1.807, 2.05) is 25.1 Å². The number of nitrogens with zero attached hydrogens (tertiary/aromatic N) is 4. The molecule has 1 aromatic carbocycles. The Morgan fingerprint density at radius 2 is 1.80 bits per heavy atom. The van der Waals surface area contributed by atoms with Gasteiger partial charge in [-0.05, 0) is 31.5 Å². The quantitative estimate of drug-likeness (QED) is 0.675. The summed E-state index contributed by atoms with van der Waals surface area (Å²) in [5.41, 5.74) is 4.49. The molecular formula is C15H13ClN4. The number of aromatic nitrogens is 4. The van der Waals surface area contributed by atoms with Crippen LogP contribution in [-0.4, -0.2) is 19.9 Å². The Morgan fingerprint density at radius 1 is 1.05 bits per heavy atom. The van der Waals surface area contributed by atoms with Gasteiger partial charge in [0.15, 0.2) is 5.82 Å². The standard InChI is InChI=1S/C15H13ClN4/c1-3-11-9(2)14(16)20-15(19-11)10-4-5-12-13(8-10)18-7-6-17-12/h4-8H,3H2,1-2H3. The summed E-state index contributed by atoms with van der Waals surface area (Å²) in [6.07, 6.45) is 4.18.